The van der Waals surface area contributed by atoms with Gasteiger partial charge in [0.25, 0.3) is 0 Å². The molecule has 3 heterocycles. The number of aryl methyl sites for hydroxylation is 1. The van der Waals surface area contributed by atoms with Crippen molar-refractivity contribution in [2.45, 2.75) is 58.1 Å². The summed E-state index contributed by atoms with van der Waals surface area (Å²) in [6.07, 6.45) is 2.80. The molecule has 1 aromatic carbocycles. The minimum atomic E-state index is -1.29. The lowest BCUT2D eigenvalue weighted by molar-refractivity contribution is -0.205. The molecule has 5 rings (SSSR count). The molecular formula is C27H32N6O3S. The Morgan fingerprint density at radius 3 is 2.62 bits per heavy atom. The van der Waals surface area contributed by atoms with Crippen LogP contribution in [0.25, 0.3) is 20.8 Å². The Hall–Kier alpha value is -3.18. The predicted octanol–water partition coefficient (Wildman–Crippen LogP) is 4.37. The first kappa shape index (κ1) is 25.5. The zero-order chi connectivity index (χ0) is 26.0. The molecule has 1 aliphatic carbocycles. The van der Waals surface area contributed by atoms with Gasteiger partial charge in [0.2, 0.25) is 5.95 Å². The molecule has 0 unspecified atom stereocenters. The zero-order valence-electron chi connectivity index (χ0n) is 21.2. The second-order valence-corrected chi connectivity index (χ2v) is 10.9. The van der Waals surface area contributed by atoms with Gasteiger partial charge in [0, 0.05) is 12.8 Å². The minimum Gasteiger partial charge on any atom is -0.396 e. The van der Waals surface area contributed by atoms with E-state index in [0.717, 1.165) is 32.2 Å². The number of ether oxygens (including phenoxy) is 1. The van der Waals surface area contributed by atoms with Gasteiger partial charge in [-0.1, -0.05) is 18.2 Å². The van der Waals surface area contributed by atoms with Gasteiger partial charge >= 0.3 is 0 Å². The molecule has 194 valence electrons. The molecule has 1 fully saturated rings. The summed E-state index contributed by atoms with van der Waals surface area (Å²) in [4.78, 5) is 18.8. The van der Waals surface area contributed by atoms with Crippen molar-refractivity contribution >= 4 is 33.3 Å². The van der Waals surface area contributed by atoms with Crippen LogP contribution in [0.3, 0.4) is 0 Å². The Balaban J connectivity index is 1.51. The molecule has 0 saturated heterocycles. The number of para-hydroxylation sites is 1. The summed E-state index contributed by atoms with van der Waals surface area (Å²) in [7, 11) is 0. The SMILES string of the molecule is Cc1nc(NCc2ccccn2)nc(N[C@@H]2C[C@H](CO)C[C@H]2OC(C)(C)O)c1-c1nc2ccccc2s1. The van der Waals surface area contributed by atoms with E-state index in [1.165, 1.54) is 0 Å². The number of nitrogens with zero attached hydrogens (tertiary/aromatic N) is 4. The van der Waals surface area contributed by atoms with Crippen molar-refractivity contribution in [3.63, 3.8) is 0 Å². The second kappa shape index (κ2) is 10.7. The predicted molar refractivity (Wildman–Crippen MR) is 145 cm³/mol. The van der Waals surface area contributed by atoms with Crippen LogP contribution in [0.15, 0.2) is 48.7 Å². The van der Waals surface area contributed by atoms with E-state index in [0.29, 0.717) is 31.2 Å². The number of benzene rings is 1. The number of hydrogen-bond acceptors (Lipinski definition) is 10. The number of fused-ring (bicyclic) bond motifs is 1. The van der Waals surface area contributed by atoms with E-state index in [1.807, 2.05) is 43.3 Å². The number of thiazole rings is 1. The summed E-state index contributed by atoms with van der Waals surface area (Å²) in [5, 5.41) is 27.9. The minimum absolute atomic E-state index is 0.0638. The molecule has 4 aromatic rings. The molecule has 1 aliphatic rings. The van der Waals surface area contributed by atoms with Gasteiger partial charge < -0.3 is 25.6 Å². The number of aliphatic hydroxyl groups excluding tert-OH is 1. The highest BCUT2D eigenvalue weighted by Gasteiger charge is 2.38. The Morgan fingerprint density at radius 1 is 1.08 bits per heavy atom. The van der Waals surface area contributed by atoms with Crippen molar-refractivity contribution in [1.82, 2.24) is 19.9 Å². The lowest BCUT2D eigenvalue weighted by atomic mass is 10.1. The number of aliphatic hydroxyl groups is 2. The van der Waals surface area contributed by atoms with Gasteiger partial charge in [-0.15, -0.1) is 11.3 Å². The molecule has 0 bridgehead atoms. The Kier molecular flexibility index (Phi) is 7.34. The highest BCUT2D eigenvalue weighted by atomic mass is 32.1. The second-order valence-electron chi connectivity index (χ2n) is 9.89. The van der Waals surface area contributed by atoms with Crippen LogP contribution in [0.4, 0.5) is 11.8 Å². The molecule has 0 amide bonds. The van der Waals surface area contributed by atoms with Crippen LogP contribution in [0.5, 0.6) is 0 Å². The Morgan fingerprint density at radius 2 is 1.89 bits per heavy atom. The van der Waals surface area contributed by atoms with Crippen molar-refractivity contribution in [3.8, 4) is 10.6 Å². The van der Waals surface area contributed by atoms with Gasteiger partial charge in [-0.25, -0.2) is 9.97 Å². The summed E-state index contributed by atoms with van der Waals surface area (Å²) in [6.45, 7) is 5.75. The maximum absolute atomic E-state index is 10.3. The zero-order valence-corrected chi connectivity index (χ0v) is 22.0. The third-order valence-corrected chi connectivity index (χ3v) is 7.43. The van der Waals surface area contributed by atoms with Gasteiger partial charge in [-0.05, 0) is 63.8 Å². The first-order valence-electron chi connectivity index (χ1n) is 12.4. The van der Waals surface area contributed by atoms with Crippen molar-refractivity contribution < 1.29 is 14.9 Å². The van der Waals surface area contributed by atoms with Crippen molar-refractivity contribution in [2.24, 2.45) is 5.92 Å². The molecule has 0 aliphatic heterocycles. The fourth-order valence-electron chi connectivity index (χ4n) is 4.74. The van der Waals surface area contributed by atoms with Gasteiger partial charge in [0.05, 0.1) is 45.9 Å². The van der Waals surface area contributed by atoms with Crippen LogP contribution in [-0.2, 0) is 11.3 Å². The summed E-state index contributed by atoms with van der Waals surface area (Å²) < 4.78 is 7.06. The third-order valence-electron chi connectivity index (χ3n) is 6.37. The summed E-state index contributed by atoms with van der Waals surface area (Å²) in [5.74, 6) is -0.0995. The van der Waals surface area contributed by atoms with E-state index in [4.69, 9.17) is 19.7 Å². The molecule has 4 N–H and O–H groups in total. The topological polar surface area (TPSA) is 125 Å². The average Bonchev–Trinajstić information content (AvgIpc) is 3.45. The van der Waals surface area contributed by atoms with Crippen molar-refractivity contribution in [3.05, 3.63) is 60.0 Å². The molecule has 3 atom stereocenters. The van der Waals surface area contributed by atoms with E-state index >= 15 is 0 Å². The Labute approximate surface area is 220 Å². The monoisotopic (exact) mass is 520 g/mol. The largest absolute Gasteiger partial charge is 0.396 e. The fourth-order valence-corrected chi connectivity index (χ4v) is 5.80. The van der Waals surface area contributed by atoms with Gasteiger partial charge in [-0.3, -0.25) is 4.98 Å². The quantitative estimate of drug-likeness (QED) is 0.238. The van der Waals surface area contributed by atoms with E-state index in [2.05, 4.69) is 21.7 Å². The maximum atomic E-state index is 10.3. The van der Waals surface area contributed by atoms with E-state index in [-0.39, 0.29) is 24.7 Å². The number of anilines is 2. The standard InChI is InChI=1S/C27H32N6O3S/c1-16-23(25-32-19-9-4-5-10-22(19)37-25)24(33-26(30-16)29-14-18-8-6-7-11-28-18)31-20-12-17(15-34)13-21(20)36-27(2,3)35/h4-11,17,20-21,34-35H,12-15H2,1-3H3,(H2,29,30,31,33)/t17-,20+,21+/m0/s1. The maximum Gasteiger partial charge on any atom is 0.225 e. The van der Waals surface area contributed by atoms with E-state index in [1.54, 1.807) is 31.4 Å². The number of nitrogens with one attached hydrogen (secondary N) is 2. The molecule has 3 aromatic heterocycles. The molecule has 1 saturated carbocycles. The van der Waals surface area contributed by atoms with Gasteiger partial charge in [0.15, 0.2) is 5.79 Å². The lowest BCUT2D eigenvalue weighted by Crippen LogP contribution is -2.38. The smallest absolute Gasteiger partial charge is 0.225 e. The van der Waals surface area contributed by atoms with Crippen molar-refractivity contribution in [1.29, 1.82) is 0 Å². The van der Waals surface area contributed by atoms with E-state index in [9.17, 15) is 10.2 Å². The number of aromatic nitrogens is 4. The van der Waals surface area contributed by atoms with Crippen LogP contribution >= 0.6 is 11.3 Å². The van der Waals surface area contributed by atoms with Crippen LogP contribution in [0.2, 0.25) is 0 Å². The molecule has 0 spiro atoms. The van der Waals surface area contributed by atoms with Crippen LogP contribution < -0.4 is 10.6 Å². The molecule has 37 heavy (non-hydrogen) atoms. The van der Waals surface area contributed by atoms with Gasteiger partial charge in [-0.2, -0.15) is 4.98 Å². The van der Waals surface area contributed by atoms with Crippen LogP contribution in [0, 0.1) is 12.8 Å². The highest BCUT2D eigenvalue weighted by molar-refractivity contribution is 7.21. The first-order chi connectivity index (χ1) is 17.8. The number of rotatable bonds is 9. The number of pyridine rings is 1. The normalized spacial score (nSPS) is 19.9. The summed E-state index contributed by atoms with van der Waals surface area (Å²) >= 11 is 1.60. The average molecular weight is 521 g/mol. The molecule has 10 heteroatoms. The Bertz CT molecular complexity index is 1320. The van der Waals surface area contributed by atoms with Crippen LogP contribution in [-0.4, -0.2) is 54.7 Å². The highest BCUT2D eigenvalue weighted by Crippen LogP contribution is 2.39. The third kappa shape index (κ3) is 6.04. The first-order valence-corrected chi connectivity index (χ1v) is 13.3. The van der Waals surface area contributed by atoms with Gasteiger partial charge in [0.1, 0.15) is 10.8 Å². The van der Waals surface area contributed by atoms with Crippen molar-refractivity contribution in [2.75, 3.05) is 17.2 Å². The van der Waals surface area contributed by atoms with E-state index < -0.39 is 5.79 Å². The fraction of sp³-hybridized carbons (Fsp3) is 0.407. The number of hydrogen-bond donors (Lipinski definition) is 4. The molecule has 9 nitrogen and oxygen atoms in total. The lowest BCUT2D eigenvalue weighted by Gasteiger charge is -2.29. The molecule has 0 radical (unpaired) electrons. The summed E-state index contributed by atoms with van der Waals surface area (Å²) in [6, 6.07) is 13.6. The summed E-state index contributed by atoms with van der Waals surface area (Å²) in [5.41, 5.74) is 3.43. The van der Waals surface area contributed by atoms with Crippen LogP contribution in [0.1, 0.15) is 38.1 Å². The molecular weight excluding hydrogens is 488 g/mol.